The number of hydrogen-bond donors (Lipinski definition) is 1. The first kappa shape index (κ1) is 16.1. The highest BCUT2D eigenvalue weighted by atomic mass is 15.4. The van der Waals surface area contributed by atoms with Gasteiger partial charge in [0.05, 0.1) is 12.2 Å². The maximum Gasteiger partial charge on any atom is 0.0964 e. The van der Waals surface area contributed by atoms with Gasteiger partial charge in [-0.25, -0.2) is 0 Å². The van der Waals surface area contributed by atoms with Gasteiger partial charge in [-0.15, -0.1) is 5.10 Å². The third-order valence-corrected chi connectivity index (χ3v) is 3.13. The Morgan fingerprint density at radius 3 is 2.58 bits per heavy atom. The van der Waals surface area contributed by atoms with Gasteiger partial charge in [-0.3, -0.25) is 9.58 Å². The Kier molecular flexibility index (Phi) is 7.02. The second-order valence-corrected chi connectivity index (χ2v) is 5.64. The first-order valence-corrected chi connectivity index (χ1v) is 7.39. The standard InChI is InChI=1S/C14H29N5/c1-6-7-18(13(4)5)8-9-19-11-14(16-17-19)10-15-12(2)3/h11-13,15H,6-10H2,1-5H3. The zero-order chi connectivity index (χ0) is 14.3. The summed E-state index contributed by atoms with van der Waals surface area (Å²) in [5.41, 5.74) is 1.01. The van der Waals surface area contributed by atoms with Crippen LogP contribution in [0, 0.1) is 0 Å². The van der Waals surface area contributed by atoms with Crippen molar-refractivity contribution in [2.24, 2.45) is 0 Å². The molecule has 19 heavy (non-hydrogen) atoms. The molecule has 1 aromatic heterocycles. The third-order valence-electron chi connectivity index (χ3n) is 3.13. The Labute approximate surface area is 117 Å². The molecule has 0 spiro atoms. The molecule has 0 radical (unpaired) electrons. The van der Waals surface area contributed by atoms with E-state index in [-0.39, 0.29) is 0 Å². The summed E-state index contributed by atoms with van der Waals surface area (Å²) in [7, 11) is 0. The maximum atomic E-state index is 4.19. The van der Waals surface area contributed by atoms with Crippen LogP contribution in [0.15, 0.2) is 6.20 Å². The van der Waals surface area contributed by atoms with Crippen LogP contribution in [0.4, 0.5) is 0 Å². The molecule has 0 bridgehead atoms. The lowest BCUT2D eigenvalue weighted by Crippen LogP contribution is -2.34. The van der Waals surface area contributed by atoms with Crippen LogP contribution < -0.4 is 5.32 Å². The largest absolute Gasteiger partial charge is 0.309 e. The van der Waals surface area contributed by atoms with Crippen LogP contribution in [-0.2, 0) is 13.1 Å². The van der Waals surface area contributed by atoms with Crippen molar-refractivity contribution in [1.29, 1.82) is 0 Å². The average molecular weight is 267 g/mol. The minimum absolute atomic E-state index is 0.478. The van der Waals surface area contributed by atoms with Crippen molar-refractivity contribution in [1.82, 2.24) is 25.2 Å². The molecule has 1 rings (SSSR count). The highest BCUT2D eigenvalue weighted by Crippen LogP contribution is 2.01. The quantitative estimate of drug-likeness (QED) is 0.742. The van der Waals surface area contributed by atoms with Gasteiger partial charge in [0.15, 0.2) is 0 Å². The Morgan fingerprint density at radius 2 is 2.00 bits per heavy atom. The SMILES string of the molecule is CCCN(CCn1cc(CNC(C)C)nn1)C(C)C. The van der Waals surface area contributed by atoms with E-state index >= 15 is 0 Å². The summed E-state index contributed by atoms with van der Waals surface area (Å²) >= 11 is 0. The van der Waals surface area contributed by atoms with E-state index in [0.717, 1.165) is 31.9 Å². The molecule has 1 heterocycles. The van der Waals surface area contributed by atoms with E-state index in [1.165, 1.54) is 6.42 Å². The molecule has 0 aliphatic rings. The molecule has 0 saturated carbocycles. The number of rotatable bonds is 9. The Balaban J connectivity index is 2.40. The van der Waals surface area contributed by atoms with Gasteiger partial charge in [0.2, 0.25) is 0 Å². The summed E-state index contributed by atoms with van der Waals surface area (Å²) in [6.45, 7) is 14.9. The molecule has 0 aliphatic carbocycles. The highest BCUT2D eigenvalue weighted by Gasteiger charge is 2.09. The van der Waals surface area contributed by atoms with Crippen molar-refractivity contribution in [3.05, 3.63) is 11.9 Å². The topological polar surface area (TPSA) is 46.0 Å². The molecule has 0 unspecified atom stereocenters. The van der Waals surface area contributed by atoms with E-state index in [0.29, 0.717) is 12.1 Å². The molecule has 110 valence electrons. The van der Waals surface area contributed by atoms with E-state index in [4.69, 9.17) is 0 Å². The number of nitrogens with one attached hydrogen (secondary N) is 1. The monoisotopic (exact) mass is 267 g/mol. The van der Waals surface area contributed by atoms with Crippen LogP contribution in [0.3, 0.4) is 0 Å². The van der Waals surface area contributed by atoms with Crippen LogP contribution in [0.25, 0.3) is 0 Å². The van der Waals surface area contributed by atoms with E-state index in [2.05, 4.69) is 55.1 Å². The number of nitrogens with zero attached hydrogens (tertiary/aromatic N) is 4. The van der Waals surface area contributed by atoms with E-state index < -0.39 is 0 Å². The third kappa shape index (κ3) is 6.16. The summed E-state index contributed by atoms with van der Waals surface area (Å²) in [5.74, 6) is 0. The number of aromatic nitrogens is 3. The zero-order valence-corrected chi connectivity index (χ0v) is 13.1. The minimum atomic E-state index is 0.478. The van der Waals surface area contributed by atoms with Crippen LogP contribution >= 0.6 is 0 Å². The maximum absolute atomic E-state index is 4.19. The van der Waals surface area contributed by atoms with Gasteiger partial charge >= 0.3 is 0 Å². The van der Waals surface area contributed by atoms with Crippen molar-refractivity contribution in [3.8, 4) is 0 Å². The Bertz CT molecular complexity index is 345. The number of hydrogen-bond acceptors (Lipinski definition) is 4. The Hall–Kier alpha value is -0.940. The molecule has 0 aromatic carbocycles. The molecule has 0 atom stereocenters. The fourth-order valence-corrected chi connectivity index (χ4v) is 1.98. The van der Waals surface area contributed by atoms with Gasteiger partial charge < -0.3 is 5.32 Å². The van der Waals surface area contributed by atoms with Gasteiger partial charge in [0.1, 0.15) is 0 Å². The van der Waals surface area contributed by atoms with Gasteiger partial charge in [0, 0.05) is 31.4 Å². The summed E-state index contributed by atoms with van der Waals surface area (Å²) in [4.78, 5) is 2.48. The van der Waals surface area contributed by atoms with Crippen molar-refractivity contribution < 1.29 is 0 Å². The van der Waals surface area contributed by atoms with Crippen molar-refractivity contribution >= 4 is 0 Å². The molecule has 5 nitrogen and oxygen atoms in total. The lowest BCUT2D eigenvalue weighted by molar-refractivity contribution is 0.210. The molecule has 1 aromatic rings. The van der Waals surface area contributed by atoms with Gasteiger partial charge in [-0.05, 0) is 26.8 Å². The zero-order valence-electron chi connectivity index (χ0n) is 13.1. The lowest BCUT2D eigenvalue weighted by Gasteiger charge is -2.25. The molecular formula is C14H29N5. The summed E-state index contributed by atoms with van der Waals surface area (Å²) in [6, 6.07) is 1.07. The minimum Gasteiger partial charge on any atom is -0.309 e. The fraction of sp³-hybridized carbons (Fsp3) is 0.857. The first-order valence-electron chi connectivity index (χ1n) is 7.39. The normalized spacial score (nSPS) is 12.0. The van der Waals surface area contributed by atoms with Crippen molar-refractivity contribution in [3.63, 3.8) is 0 Å². The molecule has 5 heteroatoms. The molecule has 0 amide bonds. The van der Waals surface area contributed by atoms with Crippen LogP contribution in [0.5, 0.6) is 0 Å². The second kappa shape index (κ2) is 8.27. The molecule has 0 aliphatic heterocycles. The molecule has 0 fully saturated rings. The predicted molar refractivity (Wildman–Crippen MR) is 79.0 cm³/mol. The van der Waals surface area contributed by atoms with Crippen LogP contribution in [0.2, 0.25) is 0 Å². The fourth-order valence-electron chi connectivity index (χ4n) is 1.98. The van der Waals surface area contributed by atoms with Gasteiger partial charge in [-0.2, -0.15) is 0 Å². The molecular weight excluding hydrogens is 238 g/mol. The van der Waals surface area contributed by atoms with E-state index in [1.54, 1.807) is 0 Å². The van der Waals surface area contributed by atoms with Crippen LogP contribution in [0.1, 0.15) is 46.7 Å². The highest BCUT2D eigenvalue weighted by molar-refractivity contribution is 4.91. The van der Waals surface area contributed by atoms with E-state index in [9.17, 15) is 0 Å². The first-order chi connectivity index (χ1) is 9.02. The smallest absolute Gasteiger partial charge is 0.0964 e. The second-order valence-electron chi connectivity index (χ2n) is 5.64. The summed E-state index contributed by atoms with van der Waals surface area (Å²) in [6.07, 6.45) is 3.24. The summed E-state index contributed by atoms with van der Waals surface area (Å²) < 4.78 is 1.95. The van der Waals surface area contributed by atoms with Crippen molar-refractivity contribution in [2.75, 3.05) is 13.1 Å². The van der Waals surface area contributed by atoms with E-state index in [1.807, 2.05) is 10.9 Å². The van der Waals surface area contributed by atoms with Gasteiger partial charge in [0.25, 0.3) is 0 Å². The Morgan fingerprint density at radius 1 is 1.26 bits per heavy atom. The van der Waals surface area contributed by atoms with Crippen molar-refractivity contribution in [2.45, 2.75) is 66.2 Å². The average Bonchev–Trinajstić information content (AvgIpc) is 2.79. The predicted octanol–water partition coefficient (Wildman–Crippen LogP) is 1.90. The van der Waals surface area contributed by atoms with Crippen LogP contribution in [-0.4, -0.2) is 45.1 Å². The molecule has 0 saturated heterocycles. The summed E-state index contributed by atoms with van der Waals surface area (Å²) in [5, 5.41) is 11.7. The molecule has 1 N–H and O–H groups in total. The van der Waals surface area contributed by atoms with Gasteiger partial charge in [-0.1, -0.05) is 26.0 Å². The lowest BCUT2D eigenvalue weighted by atomic mass is 10.3.